The largest absolute Gasteiger partial charge is 0.464 e. The summed E-state index contributed by atoms with van der Waals surface area (Å²) < 4.78 is 27.0. The van der Waals surface area contributed by atoms with Crippen LogP contribution in [0.1, 0.15) is 57.9 Å². The van der Waals surface area contributed by atoms with E-state index in [4.69, 9.17) is 23.7 Å². The zero-order chi connectivity index (χ0) is 31.8. The Morgan fingerprint density at radius 1 is 0.841 bits per heavy atom. The van der Waals surface area contributed by atoms with Gasteiger partial charge in [0.25, 0.3) is 0 Å². The predicted octanol–water partition coefficient (Wildman–Crippen LogP) is 2.97. The van der Waals surface area contributed by atoms with E-state index in [2.05, 4.69) is 12.2 Å². The molecule has 1 aliphatic rings. The quantitative estimate of drug-likeness (QED) is 0.144. The van der Waals surface area contributed by atoms with Crippen LogP contribution in [0.15, 0.2) is 30.3 Å². The van der Waals surface area contributed by atoms with Gasteiger partial charge >= 0.3 is 12.1 Å². The second-order valence-corrected chi connectivity index (χ2v) is 10.6. The van der Waals surface area contributed by atoms with Crippen molar-refractivity contribution in [2.24, 2.45) is 0 Å². The number of benzene rings is 1. The molecule has 1 atom stereocenters. The van der Waals surface area contributed by atoms with Gasteiger partial charge in [-0.25, -0.2) is 4.79 Å². The smallest absolute Gasteiger partial charge is 0.407 e. The van der Waals surface area contributed by atoms with Gasteiger partial charge in [0.15, 0.2) is 0 Å². The number of carbonyl (C=O) groups is 4. The van der Waals surface area contributed by atoms with E-state index in [1.807, 2.05) is 35.2 Å². The number of rotatable bonds is 23. The third kappa shape index (κ3) is 16.7. The first kappa shape index (κ1) is 37.1. The Bertz CT molecular complexity index is 964. The fourth-order valence-electron chi connectivity index (χ4n) is 4.51. The molecule has 2 rings (SSSR count). The maximum absolute atomic E-state index is 12.8. The number of piperazine rings is 1. The summed E-state index contributed by atoms with van der Waals surface area (Å²) in [5.74, 6) is -0.141. The fourth-order valence-corrected chi connectivity index (χ4v) is 4.51. The van der Waals surface area contributed by atoms with Crippen molar-refractivity contribution in [1.29, 1.82) is 0 Å². The van der Waals surface area contributed by atoms with Crippen LogP contribution in [0.2, 0.25) is 0 Å². The molecule has 0 aromatic heterocycles. The lowest BCUT2D eigenvalue weighted by atomic mass is 10.1. The Morgan fingerprint density at radius 2 is 1.55 bits per heavy atom. The lowest BCUT2D eigenvalue weighted by Gasteiger charge is -2.40. The second-order valence-electron chi connectivity index (χ2n) is 10.6. The van der Waals surface area contributed by atoms with Crippen LogP contribution in [0.3, 0.4) is 0 Å². The number of Topliss-reactive ketones (excluding diaryl/α,β-unsaturated/α-hetero) is 1. The Hall–Kier alpha value is -3.06. The summed E-state index contributed by atoms with van der Waals surface area (Å²) in [6, 6.07) is 9.24. The molecule has 0 bridgehead atoms. The highest BCUT2D eigenvalue weighted by atomic mass is 16.6. The number of carbonyl (C=O) groups excluding carboxylic acids is 4. The van der Waals surface area contributed by atoms with Gasteiger partial charge in [0, 0.05) is 39.0 Å². The highest BCUT2D eigenvalue weighted by molar-refractivity contribution is 5.80. The molecule has 1 aromatic carbocycles. The minimum Gasteiger partial charge on any atom is -0.464 e. The molecule has 44 heavy (non-hydrogen) atoms. The number of alkyl carbamates (subject to hydrolysis) is 1. The summed E-state index contributed by atoms with van der Waals surface area (Å²) in [7, 11) is 0. The van der Waals surface area contributed by atoms with E-state index < -0.39 is 6.09 Å². The molecule has 1 unspecified atom stereocenters. The molecule has 1 heterocycles. The highest BCUT2D eigenvalue weighted by Gasteiger charge is 2.31. The first-order valence-electron chi connectivity index (χ1n) is 15.8. The molecule has 12 nitrogen and oxygen atoms in total. The number of ketones is 1. The maximum atomic E-state index is 12.8. The molecule has 1 N–H and O–H groups in total. The third-order valence-electron chi connectivity index (χ3n) is 7.05. The Kier molecular flexibility index (Phi) is 19.7. The number of nitrogens with zero attached hydrogens (tertiary/aromatic N) is 2. The fraction of sp³-hybridized carbons (Fsp3) is 0.688. The molecule has 0 aliphatic carbocycles. The van der Waals surface area contributed by atoms with Crippen molar-refractivity contribution in [3.63, 3.8) is 0 Å². The van der Waals surface area contributed by atoms with Crippen molar-refractivity contribution in [2.45, 2.75) is 65.0 Å². The molecule has 1 aromatic rings. The number of nitrogens with one attached hydrogen (secondary N) is 1. The van der Waals surface area contributed by atoms with E-state index in [1.54, 1.807) is 11.8 Å². The van der Waals surface area contributed by atoms with Crippen LogP contribution in [-0.2, 0) is 44.7 Å². The van der Waals surface area contributed by atoms with Crippen LogP contribution in [0.5, 0.6) is 0 Å². The van der Waals surface area contributed by atoms with Gasteiger partial charge in [-0.05, 0) is 12.0 Å². The molecule has 2 amide bonds. The zero-order valence-electron chi connectivity index (χ0n) is 26.5. The van der Waals surface area contributed by atoms with Gasteiger partial charge in [0.1, 0.15) is 19.0 Å². The van der Waals surface area contributed by atoms with E-state index in [0.717, 1.165) is 24.8 Å². The van der Waals surface area contributed by atoms with Crippen molar-refractivity contribution in [2.75, 3.05) is 79.0 Å². The molecule has 0 radical (unpaired) electrons. The summed E-state index contributed by atoms with van der Waals surface area (Å²) in [4.78, 5) is 52.5. The predicted molar refractivity (Wildman–Crippen MR) is 164 cm³/mol. The lowest BCUT2D eigenvalue weighted by molar-refractivity contribution is -0.147. The van der Waals surface area contributed by atoms with Gasteiger partial charge in [-0.3, -0.25) is 19.3 Å². The van der Waals surface area contributed by atoms with Crippen molar-refractivity contribution in [1.82, 2.24) is 15.1 Å². The number of esters is 1. The SMILES string of the molecule is CCCCCC(=O)CN1CCN(C(=O)CCOCCOCCOCCNC(=O)OCc2ccccc2)CC1COC(=O)CC. The monoisotopic (exact) mass is 621 g/mol. The summed E-state index contributed by atoms with van der Waals surface area (Å²) in [6.45, 7) is 8.46. The average molecular weight is 622 g/mol. The van der Waals surface area contributed by atoms with Gasteiger partial charge < -0.3 is 33.9 Å². The van der Waals surface area contributed by atoms with Crippen molar-refractivity contribution in [3.8, 4) is 0 Å². The van der Waals surface area contributed by atoms with Crippen LogP contribution < -0.4 is 5.32 Å². The third-order valence-corrected chi connectivity index (χ3v) is 7.05. The minimum absolute atomic E-state index is 0.0300. The summed E-state index contributed by atoms with van der Waals surface area (Å²) >= 11 is 0. The molecular formula is C32H51N3O9. The van der Waals surface area contributed by atoms with Gasteiger partial charge in [-0.15, -0.1) is 0 Å². The van der Waals surface area contributed by atoms with Gasteiger partial charge in [-0.1, -0.05) is 57.0 Å². The lowest BCUT2D eigenvalue weighted by Crippen LogP contribution is -2.57. The number of ether oxygens (including phenoxy) is 5. The van der Waals surface area contributed by atoms with E-state index in [1.165, 1.54) is 0 Å². The van der Waals surface area contributed by atoms with Crippen LogP contribution in [0, 0.1) is 0 Å². The van der Waals surface area contributed by atoms with Gasteiger partial charge in [0.2, 0.25) is 5.91 Å². The minimum atomic E-state index is -0.492. The molecule has 0 saturated carbocycles. The van der Waals surface area contributed by atoms with Crippen molar-refractivity contribution < 1.29 is 42.9 Å². The Balaban J connectivity index is 1.51. The van der Waals surface area contributed by atoms with Crippen LogP contribution in [0.25, 0.3) is 0 Å². The molecule has 12 heteroatoms. The van der Waals surface area contributed by atoms with E-state index in [9.17, 15) is 19.2 Å². The molecular weight excluding hydrogens is 570 g/mol. The number of unbranched alkanes of at least 4 members (excludes halogenated alkanes) is 2. The van der Waals surface area contributed by atoms with Crippen LogP contribution >= 0.6 is 0 Å². The highest BCUT2D eigenvalue weighted by Crippen LogP contribution is 2.14. The first-order valence-corrected chi connectivity index (χ1v) is 15.8. The normalized spacial score (nSPS) is 15.1. The first-order chi connectivity index (χ1) is 21.4. The maximum Gasteiger partial charge on any atom is 0.407 e. The summed E-state index contributed by atoms with van der Waals surface area (Å²) in [5.41, 5.74) is 0.921. The van der Waals surface area contributed by atoms with Gasteiger partial charge in [-0.2, -0.15) is 0 Å². The van der Waals surface area contributed by atoms with Crippen LogP contribution in [-0.4, -0.2) is 119 Å². The number of amides is 2. The molecule has 0 spiro atoms. The van der Waals surface area contributed by atoms with E-state index in [-0.39, 0.29) is 56.4 Å². The van der Waals surface area contributed by atoms with E-state index in [0.29, 0.717) is 72.2 Å². The summed E-state index contributed by atoms with van der Waals surface area (Å²) in [5, 5.41) is 2.63. The average Bonchev–Trinajstić information content (AvgIpc) is 3.04. The molecule has 1 fully saturated rings. The molecule has 248 valence electrons. The molecule has 1 saturated heterocycles. The Morgan fingerprint density at radius 3 is 2.25 bits per heavy atom. The zero-order valence-corrected chi connectivity index (χ0v) is 26.5. The van der Waals surface area contributed by atoms with Crippen molar-refractivity contribution >= 4 is 23.8 Å². The second kappa shape index (κ2) is 23.3. The number of hydrogen-bond acceptors (Lipinski definition) is 10. The topological polar surface area (TPSA) is 133 Å². The van der Waals surface area contributed by atoms with Crippen LogP contribution in [0.4, 0.5) is 4.79 Å². The Labute approximate surface area is 261 Å². The van der Waals surface area contributed by atoms with Gasteiger partial charge in [0.05, 0.1) is 58.6 Å². The van der Waals surface area contributed by atoms with E-state index >= 15 is 0 Å². The summed E-state index contributed by atoms with van der Waals surface area (Å²) in [6.07, 6.45) is 3.55. The number of hydrogen-bond donors (Lipinski definition) is 1. The molecule has 1 aliphatic heterocycles. The standard InChI is InChI=1S/C32H51N3O9/c1-3-5-7-12-29(36)24-34-15-16-35(23-28(34)26-43-31(38)4-2)30(37)13-17-40-19-21-42-22-20-41-18-14-33-32(39)44-25-27-10-8-6-9-11-27/h6,8-11,28H,3-5,7,12-26H2,1-2H3,(H,33,39). The van der Waals surface area contributed by atoms with Crippen molar-refractivity contribution in [3.05, 3.63) is 35.9 Å².